The van der Waals surface area contributed by atoms with Gasteiger partial charge in [0.05, 0.1) is 28.8 Å². The highest BCUT2D eigenvalue weighted by Crippen LogP contribution is 2.42. The van der Waals surface area contributed by atoms with Gasteiger partial charge in [-0.15, -0.1) is 0 Å². The third-order valence-electron chi connectivity index (χ3n) is 14.6. The van der Waals surface area contributed by atoms with Crippen molar-refractivity contribution in [1.82, 2.24) is 24.0 Å². The summed E-state index contributed by atoms with van der Waals surface area (Å²) >= 11 is 12.8. The van der Waals surface area contributed by atoms with E-state index in [9.17, 15) is 32.3 Å². The van der Waals surface area contributed by atoms with Crippen molar-refractivity contribution in [2.75, 3.05) is 32.8 Å². The van der Waals surface area contributed by atoms with Crippen molar-refractivity contribution in [2.24, 2.45) is 7.05 Å². The van der Waals surface area contributed by atoms with Crippen LogP contribution < -0.4 is 22.5 Å². The van der Waals surface area contributed by atoms with Crippen LogP contribution in [0.4, 0.5) is 13.2 Å². The minimum atomic E-state index is -4.45. The van der Waals surface area contributed by atoms with Gasteiger partial charge < -0.3 is 14.7 Å². The smallest absolute Gasteiger partial charge is 0.379 e. The van der Waals surface area contributed by atoms with Gasteiger partial charge in [0, 0.05) is 68.6 Å². The van der Waals surface area contributed by atoms with Crippen LogP contribution in [-0.4, -0.2) is 56.9 Å². The standard InChI is InChI=1S/C30H35Cl2N3O3.C25H25F3N2O2/c31-26-9-4-8-24(27(26)32)20-25-28(23-12-10-22(11-13-23)21-6-2-1-3-7-21)33-30(37)35(29(25)36)15-5-14-34-16-18-38-19-17-34;1-30-23(31)21(15-16-6-5-9-20(14-16)25(26,27)28)22(29-24(30)32)19-12-10-18(11-13-19)17-7-3-2-4-8-17/h1-4,6-9,22-23H,5,10-20H2,(H,33,37);2-9,14,18-19H,10-13,15H2,1H3,(H,29,32). The molecule has 9 rings (SSSR count). The van der Waals surface area contributed by atoms with Crippen molar-refractivity contribution in [1.29, 1.82) is 0 Å². The van der Waals surface area contributed by atoms with Crippen LogP contribution >= 0.6 is 23.2 Å². The van der Waals surface area contributed by atoms with Gasteiger partial charge in [0.25, 0.3) is 11.1 Å². The van der Waals surface area contributed by atoms with Crippen molar-refractivity contribution in [3.8, 4) is 0 Å². The number of H-pyrrole nitrogens is 2. The number of aromatic amines is 2. The molecule has 2 aliphatic carbocycles. The monoisotopic (exact) mass is 997 g/mol. The Bertz CT molecular complexity index is 2950. The van der Waals surface area contributed by atoms with Crippen molar-refractivity contribution in [3.05, 3.63) is 205 Å². The van der Waals surface area contributed by atoms with Crippen molar-refractivity contribution in [2.45, 2.75) is 107 Å². The van der Waals surface area contributed by atoms with Gasteiger partial charge in [-0.2, -0.15) is 13.2 Å². The lowest BCUT2D eigenvalue weighted by Crippen LogP contribution is -2.41. The molecule has 0 spiro atoms. The number of alkyl halides is 3. The summed E-state index contributed by atoms with van der Waals surface area (Å²) in [5.74, 6) is 1.06. The second-order valence-electron chi connectivity index (χ2n) is 19.0. The molecule has 0 amide bonds. The molecule has 3 heterocycles. The number of nitrogens with zero attached hydrogens (tertiary/aromatic N) is 3. The van der Waals surface area contributed by atoms with Crippen molar-refractivity contribution >= 4 is 23.2 Å². The molecule has 0 unspecified atom stereocenters. The number of hydrogen-bond donors (Lipinski definition) is 2. The lowest BCUT2D eigenvalue weighted by Gasteiger charge is -2.30. The topological polar surface area (TPSA) is 122 Å². The number of nitrogens with one attached hydrogen (secondary N) is 2. The maximum absolute atomic E-state index is 13.9. The number of rotatable bonds is 12. The number of morpholine rings is 1. The lowest BCUT2D eigenvalue weighted by molar-refractivity contribution is -0.137. The molecule has 0 bridgehead atoms. The van der Waals surface area contributed by atoms with Crippen LogP contribution in [0.1, 0.15) is 132 Å². The molecule has 2 N–H and O–H groups in total. The lowest BCUT2D eigenvalue weighted by atomic mass is 9.76. The normalized spacial score (nSPS) is 19.9. The maximum atomic E-state index is 13.9. The van der Waals surface area contributed by atoms with Gasteiger partial charge in [0.2, 0.25) is 0 Å². The fourth-order valence-electron chi connectivity index (χ4n) is 10.7. The molecule has 2 aromatic heterocycles. The zero-order valence-electron chi connectivity index (χ0n) is 39.4. The zero-order chi connectivity index (χ0) is 49.4. The van der Waals surface area contributed by atoms with Gasteiger partial charge in [0.15, 0.2) is 0 Å². The largest absolute Gasteiger partial charge is 0.416 e. The molecule has 4 aromatic carbocycles. The Morgan fingerprint density at radius 1 is 0.614 bits per heavy atom. The quantitative estimate of drug-likeness (QED) is 0.126. The minimum absolute atomic E-state index is 0.00244. The average Bonchev–Trinajstić information content (AvgIpc) is 3.38. The van der Waals surface area contributed by atoms with Crippen LogP contribution in [0.15, 0.2) is 122 Å². The van der Waals surface area contributed by atoms with Gasteiger partial charge in [-0.1, -0.05) is 114 Å². The molecule has 0 atom stereocenters. The summed E-state index contributed by atoms with van der Waals surface area (Å²) in [7, 11) is 1.38. The number of benzene rings is 4. The molecule has 1 saturated heterocycles. The van der Waals surface area contributed by atoms with E-state index in [2.05, 4.69) is 51.3 Å². The van der Waals surface area contributed by atoms with Crippen LogP contribution in [0.5, 0.6) is 0 Å². The molecule has 10 nitrogen and oxygen atoms in total. The van der Waals surface area contributed by atoms with Gasteiger partial charge in [0.1, 0.15) is 0 Å². The first-order valence-corrected chi connectivity index (χ1v) is 25.2. The Morgan fingerprint density at radius 3 is 1.71 bits per heavy atom. The summed E-state index contributed by atoms with van der Waals surface area (Å²) in [5.41, 5.74) is 3.94. The predicted octanol–water partition coefficient (Wildman–Crippen LogP) is 10.7. The molecule has 15 heteroatoms. The molecular weight excluding hydrogens is 939 g/mol. The summed E-state index contributed by atoms with van der Waals surface area (Å²) < 4.78 is 47.2. The zero-order valence-corrected chi connectivity index (χ0v) is 40.9. The molecule has 370 valence electrons. The van der Waals surface area contributed by atoms with E-state index < -0.39 is 23.0 Å². The van der Waals surface area contributed by atoms with E-state index >= 15 is 0 Å². The maximum Gasteiger partial charge on any atom is 0.416 e. The highest BCUT2D eigenvalue weighted by Gasteiger charge is 2.32. The molecular formula is C55H60Cl2F3N5O5. The first kappa shape index (κ1) is 50.9. The Labute approximate surface area is 415 Å². The number of hydrogen-bond acceptors (Lipinski definition) is 6. The first-order chi connectivity index (χ1) is 33.7. The number of ether oxygens (including phenoxy) is 1. The third-order valence-corrected chi connectivity index (χ3v) is 15.4. The molecule has 0 radical (unpaired) electrons. The van der Waals surface area contributed by atoms with E-state index in [1.54, 1.807) is 12.1 Å². The highest BCUT2D eigenvalue weighted by atomic mass is 35.5. The van der Waals surface area contributed by atoms with E-state index in [0.717, 1.165) is 119 Å². The van der Waals surface area contributed by atoms with Crippen molar-refractivity contribution in [3.63, 3.8) is 0 Å². The van der Waals surface area contributed by atoms with E-state index in [1.807, 2.05) is 36.4 Å². The summed E-state index contributed by atoms with van der Waals surface area (Å²) in [6, 6.07) is 31.4. The first-order valence-electron chi connectivity index (χ1n) is 24.4. The average molecular weight is 999 g/mol. The van der Waals surface area contributed by atoms with E-state index in [1.165, 1.54) is 28.8 Å². The van der Waals surface area contributed by atoms with Crippen LogP contribution in [0.25, 0.3) is 0 Å². The highest BCUT2D eigenvalue weighted by molar-refractivity contribution is 6.42. The Kier molecular flexibility index (Phi) is 16.9. The summed E-state index contributed by atoms with van der Waals surface area (Å²) in [4.78, 5) is 60.7. The molecule has 1 aliphatic heterocycles. The van der Waals surface area contributed by atoms with Crippen molar-refractivity contribution < 1.29 is 17.9 Å². The molecule has 3 aliphatic rings. The number of aromatic nitrogens is 4. The van der Waals surface area contributed by atoms with Crippen LogP contribution in [0, 0.1) is 0 Å². The third kappa shape index (κ3) is 12.3. The molecule has 70 heavy (non-hydrogen) atoms. The van der Waals surface area contributed by atoms with Crippen LogP contribution in [0.2, 0.25) is 10.0 Å². The van der Waals surface area contributed by atoms with Gasteiger partial charge in [-0.05, 0) is 116 Å². The second kappa shape index (κ2) is 23.2. The Morgan fingerprint density at radius 2 is 1.14 bits per heavy atom. The van der Waals surface area contributed by atoms with Gasteiger partial charge in [-0.3, -0.25) is 23.6 Å². The fourth-order valence-corrected chi connectivity index (χ4v) is 11.0. The molecule has 3 fully saturated rings. The SMILES string of the molecule is Cn1c(=O)[nH]c(C2CCC(c3ccccc3)CC2)c(Cc2cccc(C(F)(F)F)c2)c1=O.O=c1[nH]c(C2CCC(c3ccccc3)CC2)c(Cc2cccc(Cl)c2Cl)c(=O)n1CCCN1CCOCC1. The summed E-state index contributed by atoms with van der Waals surface area (Å²) in [5, 5.41) is 0.918. The second-order valence-corrected chi connectivity index (χ2v) is 19.7. The summed E-state index contributed by atoms with van der Waals surface area (Å²) in [6.07, 6.45) is 4.01. The minimum Gasteiger partial charge on any atom is -0.379 e. The fraction of sp³-hybridized carbons (Fsp3) is 0.418. The number of halogens is 5. The summed E-state index contributed by atoms with van der Waals surface area (Å²) in [6.45, 7) is 4.43. The van der Waals surface area contributed by atoms with E-state index in [4.69, 9.17) is 27.9 Å². The Balaban J connectivity index is 0.000000191. The molecule has 6 aromatic rings. The van der Waals surface area contributed by atoms with Crippen LogP contribution in [0.3, 0.4) is 0 Å². The van der Waals surface area contributed by atoms with Crippen LogP contribution in [-0.2, 0) is 37.3 Å². The molecule has 2 saturated carbocycles. The predicted molar refractivity (Wildman–Crippen MR) is 270 cm³/mol. The van der Waals surface area contributed by atoms with Gasteiger partial charge >= 0.3 is 17.6 Å². The van der Waals surface area contributed by atoms with Gasteiger partial charge in [-0.25, -0.2) is 9.59 Å². The van der Waals surface area contributed by atoms with E-state index in [0.29, 0.717) is 57.2 Å². The van der Waals surface area contributed by atoms with E-state index in [-0.39, 0.29) is 29.5 Å². The Hall–Kier alpha value is -5.47.